The van der Waals surface area contributed by atoms with Crippen LogP contribution in [0.3, 0.4) is 0 Å². The van der Waals surface area contributed by atoms with Crippen LogP contribution in [0.4, 0.5) is 11.5 Å². The molecule has 0 aliphatic rings. The van der Waals surface area contributed by atoms with E-state index in [0.29, 0.717) is 11.5 Å². The molecule has 1 aromatic rings. The first-order valence-electron chi connectivity index (χ1n) is 5.00. The van der Waals surface area contributed by atoms with Crippen molar-refractivity contribution < 1.29 is 4.79 Å². The van der Waals surface area contributed by atoms with Gasteiger partial charge in [0.1, 0.15) is 5.82 Å². The Bertz CT molecular complexity index is 452. The van der Waals surface area contributed by atoms with Crippen LogP contribution in [0.1, 0.15) is 33.4 Å². The molecule has 1 rings (SSSR count). The Morgan fingerprint density at radius 1 is 1.44 bits per heavy atom. The minimum atomic E-state index is -0.186. The van der Waals surface area contributed by atoms with Crippen molar-refractivity contribution in [2.24, 2.45) is 0 Å². The molecule has 1 aromatic heterocycles. The largest absolute Gasteiger partial charge is 0.312 e. The maximum Gasteiger partial charge on any atom is 0.222 e. The predicted molar refractivity (Wildman–Crippen MR) is 63.5 cm³/mol. The zero-order chi connectivity index (χ0) is 12.3. The molecule has 0 aliphatic carbocycles. The Hall–Kier alpha value is -1.89. The van der Waals surface area contributed by atoms with E-state index in [0.717, 1.165) is 5.69 Å². The van der Waals surface area contributed by atoms with E-state index in [2.05, 4.69) is 15.1 Å². The number of anilines is 1. The quantitative estimate of drug-likeness (QED) is 0.735. The number of nitrogens with zero attached hydrogens (tertiary/aromatic N) is 2. The lowest BCUT2D eigenvalue weighted by atomic mass is 9.91. The number of carbonyl (C=O) groups excluding carboxylic acids is 1. The molecule has 4 nitrogen and oxygen atoms in total. The number of aromatic nitrogens is 1. The lowest BCUT2D eigenvalue weighted by Crippen LogP contribution is -2.15. The molecule has 0 aliphatic heterocycles. The van der Waals surface area contributed by atoms with E-state index in [4.69, 9.17) is 6.57 Å². The lowest BCUT2D eigenvalue weighted by Gasteiger charge is -2.19. The van der Waals surface area contributed by atoms with Gasteiger partial charge in [-0.05, 0) is 12.1 Å². The molecule has 1 heterocycles. The van der Waals surface area contributed by atoms with Crippen molar-refractivity contribution in [3.05, 3.63) is 29.2 Å². The Balaban J connectivity index is 3.22. The molecular weight excluding hydrogens is 202 g/mol. The summed E-state index contributed by atoms with van der Waals surface area (Å²) in [7, 11) is 0. The van der Waals surface area contributed by atoms with Crippen molar-refractivity contribution in [1.82, 2.24) is 4.98 Å². The lowest BCUT2D eigenvalue weighted by molar-refractivity contribution is -0.114. The summed E-state index contributed by atoms with van der Waals surface area (Å²) in [6, 6.07) is 3.32. The minimum absolute atomic E-state index is 0.145. The van der Waals surface area contributed by atoms with Gasteiger partial charge in [-0.25, -0.2) is 9.83 Å². The second-order valence-electron chi connectivity index (χ2n) is 4.64. The maximum absolute atomic E-state index is 10.9. The monoisotopic (exact) mass is 217 g/mol. The first-order chi connectivity index (χ1) is 7.32. The SMILES string of the molecule is [C-]#[N+]c1cc(NC(C)=O)nc(C(C)(C)C)c1. The number of carbonyl (C=O) groups is 1. The van der Waals surface area contributed by atoms with Crippen LogP contribution in [-0.4, -0.2) is 10.9 Å². The molecular formula is C12H15N3O. The third-order valence-electron chi connectivity index (χ3n) is 2.01. The van der Waals surface area contributed by atoms with Crippen LogP contribution in [0.25, 0.3) is 4.85 Å². The molecule has 16 heavy (non-hydrogen) atoms. The predicted octanol–water partition coefficient (Wildman–Crippen LogP) is 2.89. The van der Waals surface area contributed by atoms with Gasteiger partial charge in [0, 0.05) is 18.0 Å². The van der Waals surface area contributed by atoms with E-state index in [1.807, 2.05) is 20.8 Å². The van der Waals surface area contributed by atoms with Crippen LogP contribution in [0.2, 0.25) is 0 Å². The molecule has 4 heteroatoms. The average Bonchev–Trinajstić information content (AvgIpc) is 2.14. The third-order valence-corrected chi connectivity index (χ3v) is 2.01. The molecule has 1 amide bonds. The Kier molecular flexibility index (Phi) is 3.28. The van der Waals surface area contributed by atoms with Gasteiger partial charge in [-0.1, -0.05) is 20.8 Å². The summed E-state index contributed by atoms with van der Waals surface area (Å²) in [4.78, 5) is 18.6. The number of pyridine rings is 1. The molecule has 0 unspecified atom stereocenters. The Morgan fingerprint density at radius 2 is 2.06 bits per heavy atom. The maximum atomic E-state index is 10.9. The second kappa shape index (κ2) is 4.31. The van der Waals surface area contributed by atoms with E-state index >= 15 is 0 Å². The van der Waals surface area contributed by atoms with Gasteiger partial charge in [0.05, 0.1) is 6.57 Å². The van der Waals surface area contributed by atoms with E-state index in [1.54, 1.807) is 12.1 Å². The van der Waals surface area contributed by atoms with E-state index in [1.165, 1.54) is 6.92 Å². The molecule has 0 saturated carbocycles. The molecule has 0 atom stereocenters. The Labute approximate surface area is 95.5 Å². The molecule has 0 radical (unpaired) electrons. The number of hydrogen-bond acceptors (Lipinski definition) is 2. The topological polar surface area (TPSA) is 46.4 Å². The number of nitrogens with one attached hydrogen (secondary N) is 1. The molecule has 0 aromatic carbocycles. The summed E-state index contributed by atoms with van der Waals surface area (Å²) in [5.74, 6) is 0.250. The Morgan fingerprint density at radius 3 is 2.50 bits per heavy atom. The van der Waals surface area contributed by atoms with Crippen LogP contribution < -0.4 is 5.32 Å². The highest BCUT2D eigenvalue weighted by atomic mass is 16.1. The van der Waals surface area contributed by atoms with Gasteiger partial charge in [0.2, 0.25) is 5.91 Å². The van der Waals surface area contributed by atoms with Crippen molar-refractivity contribution in [3.63, 3.8) is 0 Å². The fraction of sp³-hybridized carbons (Fsp3) is 0.417. The fourth-order valence-corrected chi connectivity index (χ4v) is 1.21. The smallest absolute Gasteiger partial charge is 0.222 e. The summed E-state index contributed by atoms with van der Waals surface area (Å²) >= 11 is 0. The molecule has 0 bridgehead atoms. The van der Waals surface area contributed by atoms with Crippen LogP contribution in [0.15, 0.2) is 12.1 Å². The highest BCUT2D eigenvalue weighted by molar-refractivity contribution is 5.88. The number of hydrogen-bond donors (Lipinski definition) is 1. The van der Waals surface area contributed by atoms with Gasteiger partial charge in [-0.2, -0.15) is 0 Å². The summed E-state index contributed by atoms with van der Waals surface area (Å²) in [6.07, 6.45) is 0. The highest BCUT2D eigenvalue weighted by Gasteiger charge is 2.17. The molecule has 0 saturated heterocycles. The molecule has 0 spiro atoms. The van der Waals surface area contributed by atoms with Crippen molar-refractivity contribution >= 4 is 17.4 Å². The zero-order valence-electron chi connectivity index (χ0n) is 9.96. The van der Waals surface area contributed by atoms with Crippen molar-refractivity contribution in [2.45, 2.75) is 33.1 Å². The van der Waals surface area contributed by atoms with E-state index < -0.39 is 0 Å². The van der Waals surface area contributed by atoms with Gasteiger partial charge in [-0.3, -0.25) is 4.79 Å². The average molecular weight is 217 g/mol. The summed E-state index contributed by atoms with van der Waals surface area (Å²) in [5.41, 5.74) is 1.14. The van der Waals surface area contributed by atoms with Gasteiger partial charge in [0.25, 0.3) is 0 Å². The standard InChI is InChI=1S/C12H15N3O/c1-8(16)14-11-7-9(13-5)6-10(15-11)12(2,3)4/h6-7H,1-4H3,(H,14,15,16). The first kappa shape index (κ1) is 12.2. The number of rotatable bonds is 1. The summed E-state index contributed by atoms with van der Waals surface area (Å²) in [6.45, 7) is 14.5. The summed E-state index contributed by atoms with van der Waals surface area (Å²) in [5, 5.41) is 2.60. The van der Waals surface area contributed by atoms with Crippen LogP contribution >= 0.6 is 0 Å². The van der Waals surface area contributed by atoms with Crippen LogP contribution in [0, 0.1) is 6.57 Å². The van der Waals surface area contributed by atoms with Crippen LogP contribution in [0.5, 0.6) is 0 Å². The van der Waals surface area contributed by atoms with E-state index in [-0.39, 0.29) is 11.3 Å². The van der Waals surface area contributed by atoms with Crippen molar-refractivity contribution in [1.29, 1.82) is 0 Å². The van der Waals surface area contributed by atoms with Gasteiger partial charge in [0.15, 0.2) is 5.69 Å². The molecule has 84 valence electrons. The van der Waals surface area contributed by atoms with Gasteiger partial charge in [-0.15, -0.1) is 0 Å². The molecule has 1 N–H and O–H groups in total. The van der Waals surface area contributed by atoms with Gasteiger partial charge >= 0.3 is 0 Å². The van der Waals surface area contributed by atoms with Crippen molar-refractivity contribution in [2.75, 3.05) is 5.32 Å². The molecule has 0 fully saturated rings. The zero-order valence-corrected chi connectivity index (χ0v) is 9.96. The highest BCUT2D eigenvalue weighted by Crippen LogP contribution is 2.26. The normalized spacial score (nSPS) is 10.7. The van der Waals surface area contributed by atoms with Crippen molar-refractivity contribution in [3.8, 4) is 0 Å². The first-order valence-corrected chi connectivity index (χ1v) is 5.00. The fourth-order valence-electron chi connectivity index (χ4n) is 1.21. The van der Waals surface area contributed by atoms with E-state index in [9.17, 15) is 4.79 Å². The second-order valence-corrected chi connectivity index (χ2v) is 4.64. The van der Waals surface area contributed by atoms with Gasteiger partial charge < -0.3 is 5.32 Å². The minimum Gasteiger partial charge on any atom is -0.312 e. The van der Waals surface area contributed by atoms with Crippen LogP contribution in [-0.2, 0) is 10.2 Å². The third kappa shape index (κ3) is 3.06. The number of amides is 1. The summed E-state index contributed by atoms with van der Waals surface area (Å²) < 4.78 is 0.